The molecular weight excluding hydrogens is 230 g/mol. The molecule has 0 aromatic heterocycles. The Morgan fingerprint density at radius 2 is 2.06 bits per heavy atom. The van der Waals surface area contributed by atoms with E-state index in [-0.39, 0.29) is 0 Å². The van der Waals surface area contributed by atoms with Crippen LogP contribution >= 0.6 is 11.8 Å². The number of carboxylic acids is 1. The van der Waals surface area contributed by atoms with Gasteiger partial charge in [0, 0.05) is 11.5 Å². The maximum Gasteiger partial charge on any atom is 0.323 e. The topological polar surface area (TPSA) is 89.6 Å². The number of rotatable bonds is 7. The van der Waals surface area contributed by atoms with Gasteiger partial charge in [-0.15, -0.1) is 0 Å². The van der Waals surface area contributed by atoms with Gasteiger partial charge in [-0.05, 0) is 20.8 Å². The lowest BCUT2D eigenvalue weighted by Gasteiger charge is -2.19. The molecule has 1 unspecified atom stereocenters. The number of hydrogen-bond donors (Lipinski definition) is 2. The van der Waals surface area contributed by atoms with Crippen LogP contribution in [0.15, 0.2) is 0 Å². The van der Waals surface area contributed by atoms with E-state index >= 15 is 0 Å². The van der Waals surface area contributed by atoms with E-state index in [1.165, 1.54) is 11.8 Å². The van der Waals surface area contributed by atoms with Gasteiger partial charge in [-0.25, -0.2) is 0 Å². The summed E-state index contributed by atoms with van der Waals surface area (Å²) >= 11 is 1.34. The third kappa shape index (κ3) is 5.37. The van der Waals surface area contributed by atoms with Crippen molar-refractivity contribution >= 4 is 23.7 Å². The Morgan fingerprint density at radius 3 is 2.50 bits per heavy atom. The van der Waals surface area contributed by atoms with E-state index in [0.717, 1.165) is 0 Å². The SMILES string of the molecule is CCOC(=O)C(N)CSCC(C)(C)C(=O)O. The van der Waals surface area contributed by atoms with E-state index in [9.17, 15) is 9.59 Å². The van der Waals surface area contributed by atoms with Gasteiger partial charge in [-0.3, -0.25) is 9.59 Å². The molecule has 0 aromatic carbocycles. The fourth-order valence-corrected chi connectivity index (χ4v) is 1.96. The smallest absolute Gasteiger partial charge is 0.323 e. The Kier molecular flexibility index (Phi) is 6.43. The lowest BCUT2D eigenvalue weighted by atomic mass is 9.97. The molecule has 5 nitrogen and oxygen atoms in total. The Labute approximate surface area is 99.7 Å². The van der Waals surface area contributed by atoms with E-state index in [2.05, 4.69) is 0 Å². The summed E-state index contributed by atoms with van der Waals surface area (Å²) < 4.78 is 4.74. The van der Waals surface area contributed by atoms with E-state index in [1.54, 1.807) is 20.8 Å². The van der Waals surface area contributed by atoms with Crippen molar-refractivity contribution < 1.29 is 19.4 Å². The summed E-state index contributed by atoms with van der Waals surface area (Å²) in [5.41, 5.74) is 4.76. The minimum absolute atomic E-state index is 0.303. The number of thioether (sulfide) groups is 1. The van der Waals surface area contributed by atoms with E-state index in [0.29, 0.717) is 18.1 Å². The summed E-state index contributed by atoms with van der Waals surface area (Å²) in [5, 5.41) is 8.86. The van der Waals surface area contributed by atoms with Crippen LogP contribution in [0.2, 0.25) is 0 Å². The van der Waals surface area contributed by atoms with E-state index < -0.39 is 23.4 Å². The molecule has 0 saturated carbocycles. The first-order chi connectivity index (χ1) is 7.31. The van der Waals surface area contributed by atoms with Crippen molar-refractivity contribution in [3.05, 3.63) is 0 Å². The summed E-state index contributed by atoms with van der Waals surface area (Å²) in [6, 6.07) is -0.686. The van der Waals surface area contributed by atoms with Gasteiger partial charge in [0.15, 0.2) is 0 Å². The zero-order valence-electron chi connectivity index (χ0n) is 9.86. The number of carboxylic acid groups (broad SMARTS) is 1. The summed E-state index contributed by atoms with van der Waals surface area (Å²) in [6.07, 6.45) is 0. The van der Waals surface area contributed by atoms with Crippen LogP contribution in [0.25, 0.3) is 0 Å². The van der Waals surface area contributed by atoms with Gasteiger partial charge < -0.3 is 15.6 Å². The van der Waals surface area contributed by atoms with E-state index in [1.807, 2.05) is 0 Å². The molecule has 0 amide bonds. The molecule has 0 heterocycles. The second-order valence-corrected chi connectivity index (χ2v) is 5.09. The molecule has 0 saturated heterocycles. The summed E-state index contributed by atoms with van der Waals surface area (Å²) in [7, 11) is 0. The molecular formula is C10H19NO4S. The third-order valence-corrected chi connectivity index (χ3v) is 3.45. The highest BCUT2D eigenvalue weighted by Gasteiger charge is 2.27. The number of hydrogen-bond acceptors (Lipinski definition) is 5. The van der Waals surface area contributed by atoms with Crippen LogP contribution in [0.1, 0.15) is 20.8 Å². The molecule has 0 aliphatic heterocycles. The van der Waals surface area contributed by atoms with Gasteiger partial charge in [0.1, 0.15) is 6.04 Å². The average molecular weight is 249 g/mol. The van der Waals surface area contributed by atoms with Crippen LogP contribution < -0.4 is 5.73 Å². The first-order valence-corrected chi connectivity index (χ1v) is 6.20. The molecule has 0 bridgehead atoms. The lowest BCUT2D eigenvalue weighted by Crippen LogP contribution is -2.35. The third-order valence-electron chi connectivity index (χ3n) is 1.93. The number of nitrogens with two attached hydrogens (primary N) is 1. The fraction of sp³-hybridized carbons (Fsp3) is 0.800. The van der Waals surface area contributed by atoms with Crippen LogP contribution in [0.3, 0.4) is 0 Å². The standard InChI is InChI=1S/C10H19NO4S/c1-4-15-8(12)7(11)5-16-6-10(2,3)9(13)14/h7H,4-6,11H2,1-3H3,(H,13,14). The van der Waals surface area contributed by atoms with E-state index in [4.69, 9.17) is 15.6 Å². The van der Waals surface area contributed by atoms with Gasteiger partial charge in [0.25, 0.3) is 0 Å². The maximum absolute atomic E-state index is 11.2. The quantitative estimate of drug-likeness (QED) is 0.646. The van der Waals surface area contributed by atoms with Crippen LogP contribution in [0, 0.1) is 5.41 Å². The van der Waals surface area contributed by atoms with Gasteiger partial charge in [-0.1, -0.05) is 0 Å². The molecule has 0 aromatic rings. The molecule has 0 rings (SSSR count). The fourth-order valence-electron chi connectivity index (χ4n) is 0.820. The van der Waals surface area contributed by atoms with Gasteiger partial charge in [0.05, 0.1) is 12.0 Å². The summed E-state index contributed by atoms with van der Waals surface area (Å²) in [6.45, 7) is 5.29. The molecule has 6 heteroatoms. The van der Waals surface area contributed by atoms with Gasteiger partial charge in [-0.2, -0.15) is 11.8 Å². The first-order valence-electron chi connectivity index (χ1n) is 5.04. The van der Waals surface area contributed by atoms with Crippen molar-refractivity contribution in [3.63, 3.8) is 0 Å². The van der Waals surface area contributed by atoms with Crippen molar-refractivity contribution in [1.82, 2.24) is 0 Å². The summed E-state index contributed by atoms with van der Waals surface area (Å²) in [4.78, 5) is 22.0. The Bertz CT molecular complexity index is 255. The zero-order chi connectivity index (χ0) is 12.8. The second-order valence-electron chi connectivity index (χ2n) is 4.06. The van der Waals surface area contributed by atoms with Crippen LogP contribution in [-0.2, 0) is 14.3 Å². The normalized spacial score (nSPS) is 13.2. The molecule has 0 aliphatic rings. The van der Waals surface area contributed by atoms with Crippen molar-refractivity contribution in [2.24, 2.45) is 11.1 Å². The van der Waals surface area contributed by atoms with Gasteiger partial charge >= 0.3 is 11.9 Å². The highest BCUT2D eigenvalue weighted by Crippen LogP contribution is 2.22. The average Bonchev–Trinajstić information content (AvgIpc) is 2.17. The van der Waals surface area contributed by atoms with Crippen molar-refractivity contribution in [1.29, 1.82) is 0 Å². The number of ether oxygens (including phenoxy) is 1. The summed E-state index contributed by atoms with van der Waals surface area (Å²) in [5.74, 6) is -0.516. The minimum Gasteiger partial charge on any atom is -0.481 e. The van der Waals surface area contributed by atoms with Gasteiger partial charge in [0.2, 0.25) is 0 Å². The van der Waals surface area contributed by atoms with Crippen molar-refractivity contribution in [3.8, 4) is 0 Å². The zero-order valence-corrected chi connectivity index (χ0v) is 10.7. The molecule has 94 valence electrons. The predicted molar refractivity (Wildman–Crippen MR) is 63.4 cm³/mol. The Morgan fingerprint density at radius 1 is 1.50 bits per heavy atom. The first kappa shape index (κ1) is 15.2. The molecule has 1 atom stereocenters. The molecule has 3 N–H and O–H groups in total. The number of carbonyl (C=O) groups is 2. The predicted octanol–water partition coefficient (Wildman–Crippen LogP) is 0.721. The van der Waals surface area contributed by atoms with Crippen LogP contribution in [-0.4, -0.2) is 41.2 Å². The molecule has 0 aliphatic carbocycles. The maximum atomic E-state index is 11.2. The number of carbonyl (C=O) groups excluding carboxylic acids is 1. The highest BCUT2D eigenvalue weighted by atomic mass is 32.2. The van der Waals surface area contributed by atoms with Crippen LogP contribution in [0.5, 0.6) is 0 Å². The number of aliphatic carboxylic acids is 1. The highest BCUT2D eigenvalue weighted by molar-refractivity contribution is 7.99. The van der Waals surface area contributed by atoms with Crippen LogP contribution in [0.4, 0.5) is 0 Å². The molecule has 0 fully saturated rings. The monoisotopic (exact) mass is 249 g/mol. The largest absolute Gasteiger partial charge is 0.481 e. The minimum atomic E-state index is -0.857. The second kappa shape index (κ2) is 6.75. The number of esters is 1. The van der Waals surface area contributed by atoms with Crippen molar-refractivity contribution in [2.45, 2.75) is 26.8 Å². The molecule has 0 spiro atoms. The Hall–Kier alpha value is -0.750. The van der Waals surface area contributed by atoms with Crippen molar-refractivity contribution in [2.75, 3.05) is 18.1 Å². The lowest BCUT2D eigenvalue weighted by molar-refractivity contribution is -0.145. The Balaban J connectivity index is 3.90. The molecule has 16 heavy (non-hydrogen) atoms. The molecule has 0 radical (unpaired) electrons.